The van der Waals surface area contributed by atoms with Crippen molar-refractivity contribution in [2.45, 2.75) is 46.5 Å². The van der Waals surface area contributed by atoms with Gasteiger partial charge in [-0.2, -0.15) is 0 Å². The van der Waals surface area contributed by atoms with Crippen LogP contribution in [0.2, 0.25) is 0 Å². The van der Waals surface area contributed by atoms with E-state index in [2.05, 4.69) is 30.6 Å². The molecule has 2 N–H and O–H groups in total. The molecule has 1 atom stereocenters. The Morgan fingerprint density at radius 3 is 2.57 bits per heavy atom. The minimum atomic E-state index is 0.694. The Bertz CT molecular complexity index is 332. The lowest BCUT2D eigenvalue weighted by Gasteiger charge is -2.34. The average Bonchev–Trinajstić information content (AvgIpc) is 2.45. The van der Waals surface area contributed by atoms with Gasteiger partial charge in [-0.3, -0.25) is 4.99 Å². The number of piperidine rings is 2. The van der Waals surface area contributed by atoms with Crippen molar-refractivity contribution >= 4 is 5.96 Å². The van der Waals surface area contributed by atoms with Gasteiger partial charge >= 0.3 is 0 Å². The lowest BCUT2D eigenvalue weighted by atomic mass is 9.97. The fourth-order valence-corrected chi connectivity index (χ4v) is 3.54. The van der Waals surface area contributed by atoms with Gasteiger partial charge in [0, 0.05) is 32.7 Å². The molecule has 4 heteroatoms. The maximum Gasteiger partial charge on any atom is 0.191 e. The summed E-state index contributed by atoms with van der Waals surface area (Å²) in [5.41, 5.74) is 6.19. The first kappa shape index (κ1) is 16.6. The van der Waals surface area contributed by atoms with Gasteiger partial charge < -0.3 is 15.5 Å². The number of nitrogens with two attached hydrogens (primary N) is 1. The van der Waals surface area contributed by atoms with Crippen molar-refractivity contribution in [1.29, 1.82) is 0 Å². The van der Waals surface area contributed by atoms with Crippen LogP contribution >= 0.6 is 0 Å². The number of hydrogen-bond acceptors (Lipinski definition) is 2. The maximum absolute atomic E-state index is 6.19. The summed E-state index contributed by atoms with van der Waals surface area (Å²) in [6.07, 6.45) is 5.13. The summed E-state index contributed by atoms with van der Waals surface area (Å²) in [5.74, 6) is 3.08. The van der Waals surface area contributed by atoms with Crippen LogP contribution in [0.25, 0.3) is 0 Å². The van der Waals surface area contributed by atoms with Gasteiger partial charge in [0.15, 0.2) is 5.96 Å². The molecule has 0 radical (unpaired) electrons. The molecule has 2 heterocycles. The molecule has 4 nitrogen and oxygen atoms in total. The van der Waals surface area contributed by atoms with Crippen LogP contribution in [-0.4, -0.2) is 55.0 Å². The van der Waals surface area contributed by atoms with E-state index in [1.807, 2.05) is 0 Å². The summed E-state index contributed by atoms with van der Waals surface area (Å²) >= 11 is 0. The smallest absolute Gasteiger partial charge is 0.191 e. The fourth-order valence-electron chi connectivity index (χ4n) is 3.54. The van der Waals surface area contributed by atoms with Gasteiger partial charge in [-0.05, 0) is 50.0 Å². The first-order valence-electron chi connectivity index (χ1n) is 8.81. The van der Waals surface area contributed by atoms with Crippen molar-refractivity contribution in [1.82, 2.24) is 9.80 Å². The van der Waals surface area contributed by atoms with Crippen LogP contribution in [0.1, 0.15) is 46.5 Å². The van der Waals surface area contributed by atoms with Crippen LogP contribution in [0.15, 0.2) is 4.99 Å². The molecular formula is C17H34N4. The first-order valence-corrected chi connectivity index (χ1v) is 8.81. The van der Waals surface area contributed by atoms with Crippen molar-refractivity contribution in [2.75, 3.05) is 39.3 Å². The molecule has 0 aromatic rings. The molecule has 2 saturated heterocycles. The van der Waals surface area contributed by atoms with E-state index in [1.54, 1.807) is 0 Å². The first-order chi connectivity index (χ1) is 10.0. The topological polar surface area (TPSA) is 44.9 Å². The summed E-state index contributed by atoms with van der Waals surface area (Å²) < 4.78 is 0. The maximum atomic E-state index is 6.19. The van der Waals surface area contributed by atoms with Crippen LogP contribution in [0.3, 0.4) is 0 Å². The highest BCUT2D eigenvalue weighted by Crippen LogP contribution is 2.19. The molecule has 0 aromatic carbocycles. The molecule has 0 spiro atoms. The Kier molecular flexibility index (Phi) is 6.34. The summed E-state index contributed by atoms with van der Waals surface area (Å²) in [6.45, 7) is 13.7. The third-order valence-corrected chi connectivity index (χ3v) is 4.85. The van der Waals surface area contributed by atoms with Crippen molar-refractivity contribution in [3.63, 3.8) is 0 Å². The minimum Gasteiger partial charge on any atom is -0.370 e. The molecule has 122 valence electrons. The molecule has 2 aliphatic heterocycles. The minimum absolute atomic E-state index is 0.694. The van der Waals surface area contributed by atoms with E-state index in [1.165, 1.54) is 45.3 Å². The Morgan fingerprint density at radius 1 is 1.19 bits per heavy atom. The molecule has 0 amide bonds. The second-order valence-corrected chi connectivity index (χ2v) is 7.53. The van der Waals surface area contributed by atoms with E-state index in [4.69, 9.17) is 10.7 Å². The van der Waals surface area contributed by atoms with Gasteiger partial charge in [0.2, 0.25) is 0 Å². The number of hydrogen-bond donors (Lipinski definition) is 1. The summed E-state index contributed by atoms with van der Waals surface area (Å²) in [4.78, 5) is 9.58. The molecule has 0 aromatic heterocycles. The highest BCUT2D eigenvalue weighted by Gasteiger charge is 2.21. The predicted molar refractivity (Wildman–Crippen MR) is 90.5 cm³/mol. The van der Waals surface area contributed by atoms with Gasteiger partial charge in [-0.15, -0.1) is 0 Å². The second-order valence-electron chi connectivity index (χ2n) is 7.53. The molecule has 1 unspecified atom stereocenters. The molecular weight excluding hydrogens is 260 g/mol. The zero-order chi connectivity index (χ0) is 15.2. The van der Waals surface area contributed by atoms with Crippen LogP contribution in [-0.2, 0) is 0 Å². The van der Waals surface area contributed by atoms with Gasteiger partial charge in [-0.1, -0.05) is 20.8 Å². The van der Waals surface area contributed by atoms with Crippen molar-refractivity contribution in [2.24, 2.45) is 28.5 Å². The Hall–Kier alpha value is -0.770. The Labute approximate surface area is 130 Å². The lowest BCUT2D eigenvalue weighted by molar-refractivity contribution is 0.161. The number of guanidine groups is 1. The zero-order valence-electron chi connectivity index (χ0n) is 14.2. The second kappa shape index (κ2) is 8.02. The number of nitrogens with zero attached hydrogens (tertiary/aromatic N) is 3. The van der Waals surface area contributed by atoms with Crippen molar-refractivity contribution in [3.05, 3.63) is 0 Å². The summed E-state index contributed by atoms with van der Waals surface area (Å²) in [5, 5.41) is 0. The van der Waals surface area contributed by atoms with Crippen molar-refractivity contribution in [3.8, 4) is 0 Å². The van der Waals surface area contributed by atoms with Gasteiger partial charge in [0.25, 0.3) is 0 Å². The number of aliphatic imine (C=N–C) groups is 1. The number of rotatable bonds is 4. The molecule has 2 aliphatic rings. The third kappa shape index (κ3) is 5.50. The van der Waals surface area contributed by atoms with Crippen LogP contribution in [0.5, 0.6) is 0 Å². The quantitative estimate of drug-likeness (QED) is 0.640. The summed E-state index contributed by atoms with van der Waals surface area (Å²) in [6, 6.07) is 0. The monoisotopic (exact) mass is 294 g/mol. The van der Waals surface area contributed by atoms with Crippen LogP contribution in [0, 0.1) is 17.8 Å². The number of likely N-dealkylation sites (tertiary alicyclic amines) is 2. The van der Waals surface area contributed by atoms with E-state index in [0.29, 0.717) is 5.92 Å². The zero-order valence-corrected chi connectivity index (χ0v) is 14.2. The highest BCUT2D eigenvalue weighted by molar-refractivity contribution is 5.78. The third-order valence-electron chi connectivity index (χ3n) is 4.85. The average molecular weight is 294 g/mol. The van der Waals surface area contributed by atoms with E-state index in [9.17, 15) is 0 Å². The standard InChI is InChI=1S/C17H34N4/c1-14(2)12-20-8-4-5-16(13-20)11-19-17(18)21-9-6-15(3)7-10-21/h14-16H,4-13H2,1-3H3,(H2,18,19). The molecule has 0 saturated carbocycles. The highest BCUT2D eigenvalue weighted by atomic mass is 15.3. The molecule has 2 fully saturated rings. The molecule has 2 rings (SSSR count). The molecule has 0 bridgehead atoms. The normalized spacial score (nSPS) is 26.6. The van der Waals surface area contributed by atoms with Crippen molar-refractivity contribution < 1.29 is 0 Å². The van der Waals surface area contributed by atoms with Gasteiger partial charge in [-0.25, -0.2) is 0 Å². The fraction of sp³-hybridized carbons (Fsp3) is 0.941. The van der Waals surface area contributed by atoms with Crippen LogP contribution < -0.4 is 5.73 Å². The van der Waals surface area contributed by atoms with Crippen LogP contribution in [0.4, 0.5) is 0 Å². The molecule has 0 aliphatic carbocycles. The van der Waals surface area contributed by atoms with E-state index < -0.39 is 0 Å². The van der Waals surface area contributed by atoms with Gasteiger partial charge in [0.1, 0.15) is 0 Å². The van der Waals surface area contributed by atoms with Gasteiger partial charge in [0.05, 0.1) is 0 Å². The largest absolute Gasteiger partial charge is 0.370 e. The van der Waals surface area contributed by atoms with E-state index in [0.717, 1.165) is 37.4 Å². The lowest BCUT2D eigenvalue weighted by Crippen LogP contribution is -2.43. The predicted octanol–water partition coefficient (Wildman–Crippen LogP) is 2.40. The Balaban J connectivity index is 1.76. The molecule has 21 heavy (non-hydrogen) atoms. The SMILES string of the molecule is CC(C)CN1CCCC(CN=C(N)N2CCC(C)CC2)C1. The van der Waals surface area contributed by atoms with E-state index in [-0.39, 0.29) is 0 Å². The summed E-state index contributed by atoms with van der Waals surface area (Å²) in [7, 11) is 0. The Morgan fingerprint density at radius 2 is 1.90 bits per heavy atom. The van der Waals surface area contributed by atoms with E-state index >= 15 is 0 Å².